The standard InChI is InChI=1S/C17H19N5O/c1-11-10-18-16(19-11)17(23)22-9-5-4-8-14(22)15-20-12-6-2-3-7-13(12)21-15/h2-3,6-7,10,14H,4-5,8-9H2,1H3,(H,18,19)(H,20,21). The van der Waals surface area contributed by atoms with Gasteiger partial charge in [0.2, 0.25) is 0 Å². The molecule has 1 fully saturated rings. The number of nitrogens with zero attached hydrogens (tertiary/aromatic N) is 3. The lowest BCUT2D eigenvalue weighted by atomic mass is 10.0. The number of hydrogen-bond donors (Lipinski definition) is 2. The number of benzene rings is 1. The molecule has 1 atom stereocenters. The quantitative estimate of drug-likeness (QED) is 0.764. The van der Waals surface area contributed by atoms with Crippen LogP contribution in [-0.4, -0.2) is 37.3 Å². The zero-order chi connectivity index (χ0) is 15.8. The average molecular weight is 309 g/mol. The SMILES string of the molecule is Cc1cnc(C(=O)N2CCCCC2c2nc3ccccc3[nH]2)[nH]1. The van der Waals surface area contributed by atoms with E-state index < -0.39 is 0 Å². The van der Waals surface area contributed by atoms with Crippen LogP contribution in [0.2, 0.25) is 0 Å². The van der Waals surface area contributed by atoms with Crippen LogP contribution >= 0.6 is 0 Å². The van der Waals surface area contributed by atoms with Crippen molar-refractivity contribution >= 4 is 16.9 Å². The number of piperidine rings is 1. The number of para-hydroxylation sites is 2. The zero-order valence-electron chi connectivity index (χ0n) is 13.0. The molecular formula is C17H19N5O. The number of hydrogen-bond acceptors (Lipinski definition) is 3. The van der Waals surface area contributed by atoms with Gasteiger partial charge in [-0.3, -0.25) is 4.79 Å². The number of H-pyrrole nitrogens is 2. The largest absolute Gasteiger partial charge is 0.340 e. The molecule has 1 aromatic carbocycles. The van der Waals surface area contributed by atoms with Gasteiger partial charge in [0.05, 0.1) is 17.1 Å². The van der Waals surface area contributed by atoms with E-state index >= 15 is 0 Å². The van der Waals surface area contributed by atoms with E-state index in [4.69, 9.17) is 0 Å². The number of aryl methyl sites for hydroxylation is 1. The van der Waals surface area contributed by atoms with E-state index in [1.54, 1.807) is 6.20 Å². The first kappa shape index (κ1) is 14.0. The second kappa shape index (κ2) is 5.53. The summed E-state index contributed by atoms with van der Waals surface area (Å²) in [5.74, 6) is 1.22. The highest BCUT2D eigenvalue weighted by atomic mass is 16.2. The number of carbonyl (C=O) groups excluding carboxylic acids is 1. The van der Waals surface area contributed by atoms with Crippen LogP contribution in [0.4, 0.5) is 0 Å². The summed E-state index contributed by atoms with van der Waals surface area (Å²) in [7, 11) is 0. The van der Waals surface area contributed by atoms with Crippen molar-refractivity contribution in [1.82, 2.24) is 24.8 Å². The molecular weight excluding hydrogens is 290 g/mol. The summed E-state index contributed by atoms with van der Waals surface area (Å²) in [6.07, 6.45) is 4.73. The minimum absolute atomic E-state index is 0.0194. The molecule has 1 aliphatic heterocycles. The molecule has 1 unspecified atom stereocenters. The van der Waals surface area contributed by atoms with Crippen LogP contribution in [-0.2, 0) is 0 Å². The Morgan fingerprint density at radius 1 is 1.26 bits per heavy atom. The molecule has 1 aliphatic rings. The fourth-order valence-corrected chi connectivity index (χ4v) is 3.25. The van der Waals surface area contributed by atoms with Gasteiger partial charge in [-0.1, -0.05) is 12.1 Å². The molecule has 2 aromatic heterocycles. The number of aromatic nitrogens is 4. The van der Waals surface area contributed by atoms with Gasteiger partial charge in [0.1, 0.15) is 5.82 Å². The maximum Gasteiger partial charge on any atom is 0.290 e. The number of imidazole rings is 2. The first-order chi connectivity index (χ1) is 11.2. The first-order valence-corrected chi connectivity index (χ1v) is 7.99. The van der Waals surface area contributed by atoms with E-state index in [1.165, 1.54) is 0 Å². The molecule has 0 bridgehead atoms. The van der Waals surface area contributed by atoms with Gasteiger partial charge in [0.25, 0.3) is 5.91 Å². The van der Waals surface area contributed by atoms with Crippen molar-refractivity contribution in [3.63, 3.8) is 0 Å². The monoisotopic (exact) mass is 309 g/mol. The Hall–Kier alpha value is -2.63. The summed E-state index contributed by atoms with van der Waals surface area (Å²) in [5, 5.41) is 0. The van der Waals surface area contributed by atoms with Gasteiger partial charge >= 0.3 is 0 Å². The molecule has 3 aromatic rings. The van der Waals surface area contributed by atoms with Crippen LogP contribution < -0.4 is 0 Å². The molecule has 0 spiro atoms. The molecule has 0 saturated carbocycles. The topological polar surface area (TPSA) is 77.7 Å². The van der Waals surface area contributed by atoms with Gasteiger partial charge in [-0.05, 0) is 38.3 Å². The van der Waals surface area contributed by atoms with Crippen molar-refractivity contribution in [3.05, 3.63) is 47.8 Å². The summed E-state index contributed by atoms with van der Waals surface area (Å²) in [6.45, 7) is 2.64. The molecule has 0 aliphatic carbocycles. The Labute approximate surface area is 133 Å². The molecule has 0 radical (unpaired) electrons. The van der Waals surface area contributed by atoms with Crippen molar-refractivity contribution in [2.24, 2.45) is 0 Å². The fourth-order valence-electron chi connectivity index (χ4n) is 3.25. The second-order valence-corrected chi connectivity index (χ2v) is 6.06. The Bertz CT molecular complexity index is 816. The maximum atomic E-state index is 12.8. The fraction of sp³-hybridized carbons (Fsp3) is 0.353. The Morgan fingerprint density at radius 2 is 2.13 bits per heavy atom. The van der Waals surface area contributed by atoms with E-state index in [9.17, 15) is 4.79 Å². The third-order valence-electron chi connectivity index (χ3n) is 4.39. The normalized spacial score (nSPS) is 18.5. The summed E-state index contributed by atoms with van der Waals surface area (Å²) < 4.78 is 0. The Morgan fingerprint density at radius 3 is 2.91 bits per heavy atom. The Balaban J connectivity index is 1.68. The summed E-state index contributed by atoms with van der Waals surface area (Å²) in [5.41, 5.74) is 2.84. The smallest absolute Gasteiger partial charge is 0.290 e. The molecule has 6 heteroatoms. The zero-order valence-corrected chi connectivity index (χ0v) is 13.0. The first-order valence-electron chi connectivity index (χ1n) is 7.99. The molecule has 118 valence electrons. The number of aromatic amines is 2. The van der Waals surface area contributed by atoms with Crippen LogP contribution in [0.1, 0.15) is 47.4 Å². The third-order valence-corrected chi connectivity index (χ3v) is 4.39. The lowest BCUT2D eigenvalue weighted by molar-refractivity contribution is 0.0589. The number of rotatable bonds is 2. The van der Waals surface area contributed by atoms with Crippen molar-refractivity contribution in [2.45, 2.75) is 32.2 Å². The van der Waals surface area contributed by atoms with Gasteiger partial charge in [-0.25, -0.2) is 9.97 Å². The summed E-state index contributed by atoms with van der Waals surface area (Å²) in [6, 6.07) is 7.94. The molecule has 6 nitrogen and oxygen atoms in total. The van der Waals surface area contributed by atoms with Gasteiger partial charge < -0.3 is 14.9 Å². The van der Waals surface area contributed by atoms with E-state index in [-0.39, 0.29) is 11.9 Å². The van der Waals surface area contributed by atoms with Gasteiger partial charge in [-0.2, -0.15) is 0 Å². The molecule has 4 rings (SSSR count). The van der Waals surface area contributed by atoms with Crippen LogP contribution in [0.3, 0.4) is 0 Å². The van der Waals surface area contributed by atoms with E-state index in [2.05, 4.69) is 19.9 Å². The van der Waals surface area contributed by atoms with Crippen LogP contribution in [0.5, 0.6) is 0 Å². The maximum absolute atomic E-state index is 12.8. The van der Waals surface area contributed by atoms with E-state index in [0.29, 0.717) is 5.82 Å². The molecule has 1 amide bonds. The minimum atomic E-state index is -0.0525. The molecule has 3 heterocycles. The number of carbonyl (C=O) groups is 1. The lowest BCUT2D eigenvalue weighted by Gasteiger charge is -2.33. The van der Waals surface area contributed by atoms with Crippen LogP contribution in [0.25, 0.3) is 11.0 Å². The van der Waals surface area contributed by atoms with Crippen molar-refractivity contribution in [2.75, 3.05) is 6.54 Å². The molecule has 23 heavy (non-hydrogen) atoms. The minimum Gasteiger partial charge on any atom is -0.340 e. The van der Waals surface area contributed by atoms with E-state index in [1.807, 2.05) is 36.1 Å². The number of nitrogens with one attached hydrogen (secondary N) is 2. The van der Waals surface area contributed by atoms with Crippen molar-refractivity contribution in [3.8, 4) is 0 Å². The number of fused-ring (bicyclic) bond motifs is 1. The predicted octanol–water partition coefficient (Wildman–Crippen LogP) is 2.96. The lowest BCUT2D eigenvalue weighted by Crippen LogP contribution is -2.39. The average Bonchev–Trinajstić information content (AvgIpc) is 3.20. The Kier molecular flexibility index (Phi) is 3.37. The molecule has 1 saturated heterocycles. The van der Waals surface area contributed by atoms with Crippen LogP contribution in [0, 0.1) is 6.92 Å². The number of likely N-dealkylation sites (tertiary alicyclic amines) is 1. The highest BCUT2D eigenvalue weighted by Gasteiger charge is 2.31. The predicted molar refractivity (Wildman–Crippen MR) is 87.0 cm³/mol. The van der Waals surface area contributed by atoms with Crippen molar-refractivity contribution in [1.29, 1.82) is 0 Å². The van der Waals surface area contributed by atoms with Crippen LogP contribution in [0.15, 0.2) is 30.5 Å². The summed E-state index contributed by atoms with van der Waals surface area (Å²) >= 11 is 0. The van der Waals surface area contributed by atoms with E-state index in [0.717, 1.165) is 48.4 Å². The van der Waals surface area contributed by atoms with Gasteiger partial charge in [0, 0.05) is 18.4 Å². The highest BCUT2D eigenvalue weighted by Crippen LogP contribution is 2.31. The number of amides is 1. The van der Waals surface area contributed by atoms with Gasteiger partial charge in [-0.15, -0.1) is 0 Å². The second-order valence-electron chi connectivity index (χ2n) is 6.06. The third kappa shape index (κ3) is 2.50. The molecule has 2 N–H and O–H groups in total. The summed E-state index contributed by atoms with van der Waals surface area (Å²) in [4.78, 5) is 30.0. The van der Waals surface area contributed by atoms with Gasteiger partial charge in [0.15, 0.2) is 5.82 Å². The highest BCUT2D eigenvalue weighted by molar-refractivity contribution is 5.91. The van der Waals surface area contributed by atoms with Crippen molar-refractivity contribution < 1.29 is 4.79 Å².